The van der Waals surface area contributed by atoms with Gasteiger partial charge in [-0.25, -0.2) is 4.79 Å². The van der Waals surface area contributed by atoms with Gasteiger partial charge in [-0.1, -0.05) is 23.7 Å². The van der Waals surface area contributed by atoms with Crippen LogP contribution < -0.4 is 10.6 Å². The SMILES string of the molecule is Cc1c(C(=O)OCC(=O)Nc2ccccc2C(=O)NC2CC2)oc2ccc(Cl)cc12. The Balaban J connectivity index is 1.40. The molecule has 4 rings (SSSR count). The van der Waals surface area contributed by atoms with E-state index in [1.165, 1.54) is 0 Å². The van der Waals surface area contributed by atoms with Gasteiger partial charge in [0.25, 0.3) is 11.8 Å². The van der Waals surface area contributed by atoms with Crippen molar-refractivity contribution in [2.24, 2.45) is 0 Å². The Bertz CT molecular complexity index is 1150. The minimum atomic E-state index is -0.755. The second kappa shape index (κ2) is 8.20. The molecule has 2 aromatic carbocycles. The summed E-state index contributed by atoms with van der Waals surface area (Å²) in [5.74, 6) is -1.55. The molecule has 0 saturated heterocycles. The fourth-order valence-electron chi connectivity index (χ4n) is 3.05. The lowest BCUT2D eigenvalue weighted by molar-refractivity contribution is -0.119. The lowest BCUT2D eigenvalue weighted by Gasteiger charge is -2.11. The molecule has 0 aliphatic heterocycles. The predicted octanol–water partition coefficient (Wildman–Crippen LogP) is 4.08. The van der Waals surface area contributed by atoms with Crippen molar-refractivity contribution in [1.82, 2.24) is 5.32 Å². The van der Waals surface area contributed by atoms with Crippen LogP contribution in [0.15, 0.2) is 46.9 Å². The molecular weight excluding hydrogens is 408 g/mol. The highest BCUT2D eigenvalue weighted by atomic mass is 35.5. The van der Waals surface area contributed by atoms with Gasteiger partial charge in [-0.2, -0.15) is 0 Å². The van der Waals surface area contributed by atoms with E-state index in [1.807, 2.05) is 0 Å². The van der Waals surface area contributed by atoms with E-state index in [0.717, 1.165) is 12.8 Å². The Morgan fingerprint density at radius 2 is 1.93 bits per heavy atom. The zero-order valence-corrected chi connectivity index (χ0v) is 16.9. The molecule has 0 radical (unpaired) electrons. The maximum Gasteiger partial charge on any atom is 0.375 e. The number of carbonyl (C=O) groups is 3. The maximum atomic E-state index is 12.4. The van der Waals surface area contributed by atoms with Crippen LogP contribution in [0.1, 0.15) is 39.3 Å². The molecule has 1 saturated carbocycles. The number of amides is 2. The molecule has 2 amide bonds. The Kier molecular flexibility index (Phi) is 5.46. The largest absolute Gasteiger partial charge is 0.450 e. The van der Waals surface area contributed by atoms with Crippen molar-refractivity contribution >= 4 is 46.0 Å². The Labute approximate surface area is 177 Å². The van der Waals surface area contributed by atoms with Gasteiger partial charge in [-0.05, 0) is 50.1 Å². The molecule has 0 unspecified atom stereocenters. The van der Waals surface area contributed by atoms with E-state index >= 15 is 0 Å². The van der Waals surface area contributed by atoms with E-state index < -0.39 is 18.5 Å². The summed E-state index contributed by atoms with van der Waals surface area (Å²) in [5.41, 5.74) is 1.80. The molecule has 8 heteroatoms. The van der Waals surface area contributed by atoms with Gasteiger partial charge < -0.3 is 19.8 Å². The summed E-state index contributed by atoms with van der Waals surface area (Å²) in [7, 11) is 0. The monoisotopic (exact) mass is 426 g/mol. The van der Waals surface area contributed by atoms with Gasteiger partial charge in [-0.15, -0.1) is 0 Å². The zero-order valence-electron chi connectivity index (χ0n) is 16.2. The zero-order chi connectivity index (χ0) is 21.3. The number of furan rings is 1. The first-order valence-corrected chi connectivity index (χ1v) is 9.85. The number of carbonyl (C=O) groups excluding carboxylic acids is 3. The van der Waals surface area contributed by atoms with Crippen molar-refractivity contribution in [2.45, 2.75) is 25.8 Å². The third kappa shape index (κ3) is 4.31. The van der Waals surface area contributed by atoms with Crippen LogP contribution >= 0.6 is 11.6 Å². The molecule has 0 spiro atoms. The highest BCUT2D eigenvalue weighted by Gasteiger charge is 2.25. The average molecular weight is 427 g/mol. The average Bonchev–Trinajstić information content (AvgIpc) is 3.49. The molecule has 1 fully saturated rings. The van der Waals surface area contributed by atoms with Gasteiger partial charge in [0.1, 0.15) is 5.58 Å². The topological polar surface area (TPSA) is 97.6 Å². The standard InChI is InChI=1S/C22H19ClN2O5/c1-12-16-10-13(23)6-9-18(16)30-20(12)22(28)29-11-19(26)25-17-5-3-2-4-15(17)21(27)24-14-7-8-14/h2-6,9-10,14H,7-8,11H2,1H3,(H,24,27)(H,25,26). The summed E-state index contributed by atoms with van der Waals surface area (Å²) in [4.78, 5) is 37.0. The molecule has 3 aromatic rings. The first kappa shape index (κ1) is 20.0. The van der Waals surface area contributed by atoms with Crippen molar-refractivity contribution in [3.63, 3.8) is 0 Å². The predicted molar refractivity (Wildman–Crippen MR) is 112 cm³/mol. The van der Waals surface area contributed by atoms with Crippen molar-refractivity contribution < 1.29 is 23.5 Å². The van der Waals surface area contributed by atoms with Crippen LogP contribution in [0.4, 0.5) is 5.69 Å². The number of hydrogen-bond acceptors (Lipinski definition) is 5. The number of anilines is 1. The molecule has 0 bridgehead atoms. The number of esters is 1. The van der Waals surface area contributed by atoms with E-state index in [9.17, 15) is 14.4 Å². The molecule has 2 N–H and O–H groups in total. The van der Waals surface area contributed by atoms with E-state index in [0.29, 0.717) is 32.8 Å². The summed E-state index contributed by atoms with van der Waals surface area (Å²) in [6.07, 6.45) is 1.92. The first-order valence-electron chi connectivity index (χ1n) is 9.48. The fourth-order valence-corrected chi connectivity index (χ4v) is 3.22. The lowest BCUT2D eigenvalue weighted by atomic mass is 10.1. The Morgan fingerprint density at radius 3 is 2.70 bits per heavy atom. The number of benzene rings is 2. The summed E-state index contributed by atoms with van der Waals surface area (Å²) < 4.78 is 10.6. The molecule has 1 aromatic heterocycles. The van der Waals surface area contributed by atoms with E-state index in [2.05, 4.69) is 10.6 Å². The van der Waals surface area contributed by atoms with Crippen LogP contribution in [0.2, 0.25) is 5.02 Å². The number of ether oxygens (including phenoxy) is 1. The quantitative estimate of drug-likeness (QED) is 0.579. The third-order valence-electron chi connectivity index (χ3n) is 4.78. The van der Waals surface area contributed by atoms with Crippen LogP contribution in [0.25, 0.3) is 11.0 Å². The molecule has 154 valence electrons. The smallest absolute Gasteiger partial charge is 0.375 e. The number of nitrogens with one attached hydrogen (secondary N) is 2. The van der Waals surface area contributed by atoms with Crippen LogP contribution in [0.5, 0.6) is 0 Å². The van der Waals surface area contributed by atoms with Gasteiger partial charge >= 0.3 is 5.97 Å². The molecule has 0 atom stereocenters. The fraction of sp³-hybridized carbons (Fsp3) is 0.227. The van der Waals surface area contributed by atoms with Gasteiger partial charge in [0.15, 0.2) is 6.61 Å². The Hall–Kier alpha value is -3.32. The van der Waals surface area contributed by atoms with Crippen LogP contribution in [0, 0.1) is 6.92 Å². The van der Waals surface area contributed by atoms with Gasteiger partial charge in [-0.3, -0.25) is 9.59 Å². The van der Waals surface area contributed by atoms with Crippen molar-refractivity contribution in [3.8, 4) is 0 Å². The maximum absolute atomic E-state index is 12.4. The molecule has 30 heavy (non-hydrogen) atoms. The highest BCUT2D eigenvalue weighted by Crippen LogP contribution is 2.28. The van der Waals surface area contributed by atoms with Gasteiger partial charge in [0, 0.05) is 22.0 Å². The number of fused-ring (bicyclic) bond motifs is 1. The van der Waals surface area contributed by atoms with Crippen LogP contribution in [0.3, 0.4) is 0 Å². The minimum absolute atomic E-state index is 0.0178. The molecular formula is C22H19ClN2O5. The highest BCUT2D eigenvalue weighted by molar-refractivity contribution is 6.31. The third-order valence-corrected chi connectivity index (χ3v) is 5.01. The number of hydrogen-bond donors (Lipinski definition) is 2. The number of rotatable bonds is 6. The molecule has 7 nitrogen and oxygen atoms in total. The van der Waals surface area contributed by atoms with Crippen molar-refractivity contribution in [3.05, 3.63) is 64.4 Å². The minimum Gasteiger partial charge on any atom is -0.450 e. The lowest BCUT2D eigenvalue weighted by Crippen LogP contribution is -2.28. The van der Waals surface area contributed by atoms with E-state index in [1.54, 1.807) is 49.4 Å². The van der Waals surface area contributed by atoms with Crippen molar-refractivity contribution in [1.29, 1.82) is 0 Å². The number of halogens is 1. The summed E-state index contributed by atoms with van der Waals surface area (Å²) in [6.45, 7) is 1.20. The van der Waals surface area contributed by atoms with E-state index in [-0.39, 0.29) is 17.7 Å². The number of para-hydroxylation sites is 1. The van der Waals surface area contributed by atoms with Crippen LogP contribution in [-0.2, 0) is 9.53 Å². The van der Waals surface area contributed by atoms with E-state index in [4.69, 9.17) is 20.8 Å². The summed E-state index contributed by atoms with van der Waals surface area (Å²) in [5, 5.41) is 6.72. The van der Waals surface area contributed by atoms with Gasteiger partial charge in [0.05, 0.1) is 11.3 Å². The molecule has 1 aliphatic rings. The summed E-state index contributed by atoms with van der Waals surface area (Å²) in [6, 6.07) is 11.9. The second-order valence-electron chi connectivity index (χ2n) is 7.11. The second-order valence-corrected chi connectivity index (χ2v) is 7.55. The molecule has 1 heterocycles. The van der Waals surface area contributed by atoms with Crippen LogP contribution in [-0.4, -0.2) is 30.4 Å². The normalized spacial score (nSPS) is 13.1. The number of aryl methyl sites for hydroxylation is 1. The van der Waals surface area contributed by atoms with Crippen molar-refractivity contribution in [2.75, 3.05) is 11.9 Å². The molecule has 1 aliphatic carbocycles. The Morgan fingerprint density at radius 1 is 1.17 bits per heavy atom. The first-order chi connectivity index (χ1) is 14.4. The summed E-state index contributed by atoms with van der Waals surface area (Å²) >= 11 is 5.99. The van der Waals surface area contributed by atoms with Gasteiger partial charge in [0.2, 0.25) is 5.76 Å².